The van der Waals surface area contributed by atoms with Crippen molar-refractivity contribution in [2.24, 2.45) is 11.8 Å². The van der Waals surface area contributed by atoms with E-state index in [0.29, 0.717) is 23.9 Å². The van der Waals surface area contributed by atoms with Crippen molar-refractivity contribution >= 4 is 31.7 Å². The minimum atomic E-state index is -3.22. The van der Waals surface area contributed by atoms with Gasteiger partial charge in [0.1, 0.15) is 0 Å². The molecule has 4 nitrogen and oxygen atoms in total. The number of carbonyl (C=O) groups excluding carboxylic acids is 1. The first kappa shape index (κ1) is 16.5. The van der Waals surface area contributed by atoms with E-state index < -0.39 is 9.84 Å². The molecule has 1 N–H and O–H groups in total. The number of hydrogen-bond acceptors (Lipinski definition) is 3. The molecule has 2 rings (SSSR count). The number of amides is 1. The lowest BCUT2D eigenvalue weighted by molar-refractivity contribution is 0.0944. The van der Waals surface area contributed by atoms with Crippen LogP contribution in [-0.2, 0) is 9.84 Å². The lowest BCUT2D eigenvalue weighted by Crippen LogP contribution is -2.31. The van der Waals surface area contributed by atoms with Gasteiger partial charge in [0.25, 0.3) is 5.91 Å². The highest BCUT2D eigenvalue weighted by molar-refractivity contribution is 9.09. The minimum absolute atomic E-state index is 0.143. The Kier molecular flexibility index (Phi) is 5.43. The summed E-state index contributed by atoms with van der Waals surface area (Å²) in [7, 11) is -3.22. The van der Waals surface area contributed by atoms with Crippen molar-refractivity contribution < 1.29 is 13.2 Å². The Morgan fingerprint density at radius 1 is 1.24 bits per heavy atom. The number of nitrogens with one attached hydrogen (secondary N) is 1. The summed E-state index contributed by atoms with van der Waals surface area (Å²) in [6.45, 7) is 0.683. The van der Waals surface area contributed by atoms with Gasteiger partial charge in [0.15, 0.2) is 9.84 Å². The molecule has 2 atom stereocenters. The minimum Gasteiger partial charge on any atom is -0.352 e. The molecule has 1 aliphatic rings. The van der Waals surface area contributed by atoms with Crippen LogP contribution in [0.5, 0.6) is 0 Å². The number of halogens is 1. The van der Waals surface area contributed by atoms with Crippen molar-refractivity contribution in [3.63, 3.8) is 0 Å². The second-order valence-electron chi connectivity index (χ2n) is 5.61. The van der Waals surface area contributed by atoms with E-state index in [1.54, 1.807) is 12.1 Å². The molecule has 116 valence electrons. The molecule has 0 heterocycles. The summed E-state index contributed by atoms with van der Waals surface area (Å²) in [5.74, 6) is 1.02. The Bertz CT molecular complexity index is 598. The third kappa shape index (κ3) is 4.30. The van der Waals surface area contributed by atoms with Crippen molar-refractivity contribution in [1.29, 1.82) is 0 Å². The molecule has 0 aromatic heterocycles. The second-order valence-corrected chi connectivity index (χ2v) is 8.28. The van der Waals surface area contributed by atoms with Crippen LogP contribution in [0.3, 0.4) is 0 Å². The maximum Gasteiger partial charge on any atom is 0.251 e. The number of carbonyl (C=O) groups is 1. The molecule has 0 radical (unpaired) electrons. The van der Waals surface area contributed by atoms with E-state index in [4.69, 9.17) is 0 Å². The Hall–Kier alpha value is -0.880. The SMILES string of the molecule is CS(=O)(=O)c1ccc(C(=O)NCC2CCCC2CBr)cc1. The maximum atomic E-state index is 12.1. The van der Waals surface area contributed by atoms with Gasteiger partial charge < -0.3 is 5.32 Å². The van der Waals surface area contributed by atoms with Crippen LogP contribution in [0.15, 0.2) is 29.2 Å². The van der Waals surface area contributed by atoms with Gasteiger partial charge in [0.05, 0.1) is 4.90 Å². The summed E-state index contributed by atoms with van der Waals surface area (Å²) < 4.78 is 22.8. The van der Waals surface area contributed by atoms with E-state index in [-0.39, 0.29) is 10.8 Å². The van der Waals surface area contributed by atoms with Crippen LogP contribution in [0, 0.1) is 11.8 Å². The zero-order valence-corrected chi connectivity index (χ0v) is 14.4. The third-order valence-corrected chi connectivity index (χ3v) is 6.04. The van der Waals surface area contributed by atoms with E-state index >= 15 is 0 Å². The van der Waals surface area contributed by atoms with Crippen LogP contribution in [0.4, 0.5) is 0 Å². The summed E-state index contributed by atoms with van der Waals surface area (Å²) in [6.07, 6.45) is 4.75. The number of rotatable bonds is 5. The average Bonchev–Trinajstić information content (AvgIpc) is 2.91. The Morgan fingerprint density at radius 3 is 2.43 bits per heavy atom. The van der Waals surface area contributed by atoms with Gasteiger partial charge in [-0.25, -0.2) is 8.42 Å². The first-order valence-corrected chi connectivity index (χ1v) is 10.1. The Labute approximate surface area is 134 Å². The zero-order valence-electron chi connectivity index (χ0n) is 12.0. The first-order chi connectivity index (χ1) is 9.91. The predicted octanol–water partition coefficient (Wildman–Crippen LogP) is 2.63. The topological polar surface area (TPSA) is 63.2 Å². The van der Waals surface area contributed by atoms with Crippen LogP contribution in [0.2, 0.25) is 0 Å². The number of alkyl halides is 1. The van der Waals surface area contributed by atoms with E-state index in [9.17, 15) is 13.2 Å². The van der Waals surface area contributed by atoms with Gasteiger partial charge in [0.2, 0.25) is 0 Å². The molecule has 1 aromatic rings. The standard InChI is InChI=1S/C15H20BrNO3S/c1-21(19,20)14-7-5-11(6-8-14)15(18)17-10-13-4-2-3-12(13)9-16/h5-8,12-13H,2-4,9-10H2,1H3,(H,17,18). The predicted molar refractivity (Wildman–Crippen MR) is 86.5 cm³/mol. The normalized spacial score (nSPS) is 22.2. The third-order valence-electron chi connectivity index (χ3n) is 4.08. The smallest absolute Gasteiger partial charge is 0.251 e. The molecule has 2 unspecified atom stereocenters. The average molecular weight is 374 g/mol. The number of benzene rings is 1. The molecule has 0 saturated heterocycles. The molecule has 1 amide bonds. The van der Waals surface area contributed by atoms with Crippen molar-refractivity contribution in [2.45, 2.75) is 24.2 Å². The molecule has 0 aliphatic heterocycles. The number of hydrogen-bond donors (Lipinski definition) is 1. The van der Waals surface area contributed by atoms with Crippen LogP contribution in [0.1, 0.15) is 29.6 Å². The molecule has 1 aromatic carbocycles. The highest BCUT2D eigenvalue weighted by atomic mass is 79.9. The quantitative estimate of drug-likeness (QED) is 0.806. The lowest BCUT2D eigenvalue weighted by Gasteiger charge is -2.17. The fourth-order valence-electron chi connectivity index (χ4n) is 2.76. The van der Waals surface area contributed by atoms with Crippen molar-refractivity contribution in [3.05, 3.63) is 29.8 Å². The van der Waals surface area contributed by atoms with E-state index in [1.807, 2.05) is 0 Å². The van der Waals surface area contributed by atoms with Crippen molar-refractivity contribution in [2.75, 3.05) is 18.1 Å². The molecule has 1 aliphatic carbocycles. The molecule has 0 bridgehead atoms. The largest absolute Gasteiger partial charge is 0.352 e. The van der Waals surface area contributed by atoms with Crippen molar-refractivity contribution in [3.8, 4) is 0 Å². The van der Waals surface area contributed by atoms with Gasteiger partial charge in [-0.05, 0) is 48.9 Å². The molecule has 1 saturated carbocycles. The fraction of sp³-hybridized carbons (Fsp3) is 0.533. The van der Waals surface area contributed by atoms with Gasteiger partial charge in [-0.2, -0.15) is 0 Å². The van der Waals surface area contributed by atoms with Crippen LogP contribution >= 0.6 is 15.9 Å². The highest BCUT2D eigenvalue weighted by Crippen LogP contribution is 2.32. The van der Waals surface area contributed by atoms with E-state index in [0.717, 1.165) is 18.0 Å². The van der Waals surface area contributed by atoms with Crippen LogP contribution < -0.4 is 5.32 Å². The maximum absolute atomic E-state index is 12.1. The van der Waals surface area contributed by atoms with Gasteiger partial charge in [-0.15, -0.1) is 0 Å². The molecule has 1 fully saturated rings. The molecule has 0 spiro atoms. The highest BCUT2D eigenvalue weighted by Gasteiger charge is 2.26. The molecular weight excluding hydrogens is 354 g/mol. The molecule has 6 heteroatoms. The van der Waals surface area contributed by atoms with Crippen LogP contribution in [-0.4, -0.2) is 32.5 Å². The summed E-state index contributed by atoms with van der Waals surface area (Å²) in [5, 5.41) is 3.94. The lowest BCUT2D eigenvalue weighted by atomic mass is 9.98. The molecule has 21 heavy (non-hydrogen) atoms. The first-order valence-electron chi connectivity index (χ1n) is 7.06. The Morgan fingerprint density at radius 2 is 1.86 bits per heavy atom. The number of sulfone groups is 1. The van der Waals surface area contributed by atoms with E-state index in [1.165, 1.54) is 25.0 Å². The van der Waals surface area contributed by atoms with Crippen molar-refractivity contribution in [1.82, 2.24) is 5.32 Å². The zero-order chi connectivity index (χ0) is 15.5. The van der Waals surface area contributed by atoms with Gasteiger partial charge >= 0.3 is 0 Å². The van der Waals surface area contributed by atoms with Gasteiger partial charge in [-0.1, -0.05) is 22.4 Å². The second kappa shape index (κ2) is 6.92. The Balaban J connectivity index is 1.94. The van der Waals surface area contributed by atoms with Crippen LogP contribution in [0.25, 0.3) is 0 Å². The monoisotopic (exact) mass is 373 g/mol. The van der Waals surface area contributed by atoms with Gasteiger partial charge in [-0.3, -0.25) is 4.79 Å². The summed E-state index contributed by atoms with van der Waals surface area (Å²) in [4.78, 5) is 12.3. The van der Waals surface area contributed by atoms with E-state index in [2.05, 4.69) is 21.2 Å². The summed E-state index contributed by atoms with van der Waals surface area (Å²) in [6, 6.07) is 6.06. The molecular formula is C15H20BrNO3S. The summed E-state index contributed by atoms with van der Waals surface area (Å²) in [5.41, 5.74) is 0.496. The van der Waals surface area contributed by atoms with Gasteiger partial charge in [0, 0.05) is 23.7 Å². The fourth-order valence-corrected chi connectivity index (χ4v) is 4.25. The summed E-state index contributed by atoms with van der Waals surface area (Å²) >= 11 is 3.53.